The Labute approximate surface area is 92.0 Å². The van der Waals surface area contributed by atoms with Crippen LogP contribution in [-0.2, 0) is 0 Å². The van der Waals surface area contributed by atoms with Gasteiger partial charge in [0.05, 0.1) is 5.01 Å². The van der Waals surface area contributed by atoms with Gasteiger partial charge in [-0.2, -0.15) is 4.37 Å². The monoisotopic (exact) mass is 227 g/mol. The molecule has 0 aromatic carbocycles. The number of hydrogen-bond acceptors (Lipinski definition) is 5. The van der Waals surface area contributed by atoms with E-state index < -0.39 is 0 Å². The van der Waals surface area contributed by atoms with Crippen LogP contribution in [0, 0.1) is 27.7 Å². The van der Waals surface area contributed by atoms with E-state index in [4.69, 9.17) is 0 Å². The quantitative estimate of drug-likeness (QED) is 0.694. The maximum atomic E-state index is 4.13. The van der Waals surface area contributed by atoms with Crippen molar-refractivity contribution in [3.8, 4) is 0 Å². The Hall–Kier alpha value is -0.810. The van der Waals surface area contributed by atoms with Crippen molar-refractivity contribution in [2.45, 2.75) is 27.7 Å². The van der Waals surface area contributed by atoms with Crippen molar-refractivity contribution in [3.63, 3.8) is 0 Å². The lowest BCUT2D eigenvalue weighted by Gasteiger charge is -1.71. The van der Waals surface area contributed by atoms with Gasteiger partial charge in [0.1, 0.15) is 10.8 Å². The molecule has 0 atom stereocenters. The Bertz CT molecular complexity index is 321. The summed E-state index contributed by atoms with van der Waals surface area (Å²) in [6.45, 7) is 7.86. The molecule has 0 aliphatic carbocycles. The van der Waals surface area contributed by atoms with Crippen molar-refractivity contribution in [1.29, 1.82) is 0 Å². The second-order valence-electron chi connectivity index (χ2n) is 2.87. The molecule has 0 N–H and O–H groups in total. The number of rotatable bonds is 0. The molecular formula is C9H13N3S2. The van der Waals surface area contributed by atoms with Crippen LogP contribution < -0.4 is 0 Å². The second kappa shape index (κ2) is 5.17. The summed E-state index contributed by atoms with van der Waals surface area (Å²) in [5.74, 6) is 0.877. The summed E-state index contributed by atoms with van der Waals surface area (Å²) in [6.07, 6.45) is 0. The molecule has 0 amide bonds. The maximum Gasteiger partial charge on any atom is 0.139 e. The molecule has 0 aliphatic rings. The predicted molar refractivity (Wildman–Crippen MR) is 61.0 cm³/mol. The fourth-order valence-corrected chi connectivity index (χ4v) is 1.94. The van der Waals surface area contributed by atoms with Gasteiger partial charge in [-0.1, -0.05) is 0 Å². The van der Waals surface area contributed by atoms with E-state index >= 15 is 0 Å². The first-order chi connectivity index (χ1) is 6.58. The lowest BCUT2D eigenvalue weighted by Crippen LogP contribution is -1.70. The number of thiazole rings is 1. The molecule has 5 heteroatoms. The number of aryl methyl sites for hydroxylation is 4. The molecule has 2 heterocycles. The molecule has 0 radical (unpaired) electrons. The molecule has 0 fully saturated rings. The Morgan fingerprint density at radius 1 is 1.00 bits per heavy atom. The van der Waals surface area contributed by atoms with Crippen LogP contribution in [0.1, 0.15) is 21.5 Å². The molecule has 0 bridgehead atoms. The molecular weight excluding hydrogens is 214 g/mol. The molecule has 0 unspecified atom stereocenters. The van der Waals surface area contributed by atoms with E-state index in [2.05, 4.69) is 19.7 Å². The minimum absolute atomic E-state index is 0.877. The molecule has 0 saturated carbocycles. The number of hydrogen-bond donors (Lipinski definition) is 0. The molecule has 3 nitrogen and oxygen atoms in total. The highest BCUT2D eigenvalue weighted by atomic mass is 32.1. The zero-order valence-corrected chi connectivity index (χ0v) is 10.4. The van der Waals surface area contributed by atoms with Crippen molar-refractivity contribution in [2.75, 3.05) is 0 Å². The first-order valence-electron chi connectivity index (χ1n) is 4.23. The summed E-state index contributed by atoms with van der Waals surface area (Å²) in [5.41, 5.74) is 1.13. The number of nitrogens with zero attached hydrogens (tertiary/aromatic N) is 3. The standard InChI is InChI=1S/C5H7NS.C4H6N2S/c1-4-3-7-5(2)6-4;1-3-5-4(2)7-6-3/h3H,1-2H3;1-2H3. The van der Waals surface area contributed by atoms with E-state index in [9.17, 15) is 0 Å². The third kappa shape index (κ3) is 3.93. The van der Waals surface area contributed by atoms with Gasteiger partial charge in [-0.3, -0.25) is 0 Å². The molecule has 0 aliphatic heterocycles. The highest BCUT2D eigenvalue weighted by Gasteiger charge is 1.88. The molecule has 76 valence electrons. The highest BCUT2D eigenvalue weighted by molar-refractivity contribution is 7.09. The SMILES string of the molecule is Cc1csc(C)n1.Cc1nsc(C)n1. The third-order valence-corrected chi connectivity index (χ3v) is 2.97. The fraction of sp³-hybridized carbons (Fsp3) is 0.444. The van der Waals surface area contributed by atoms with E-state index in [1.165, 1.54) is 11.5 Å². The Morgan fingerprint density at radius 2 is 1.71 bits per heavy atom. The van der Waals surface area contributed by atoms with Crippen LogP contribution >= 0.6 is 22.9 Å². The van der Waals surface area contributed by atoms with Gasteiger partial charge in [0, 0.05) is 11.1 Å². The summed E-state index contributed by atoms with van der Waals surface area (Å²) in [6, 6.07) is 0. The van der Waals surface area contributed by atoms with Crippen LogP contribution in [0.15, 0.2) is 5.38 Å². The lowest BCUT2D eigenvalue weighted by molar-refractivity contribution is 1.13. The van der Waals surface area contributed by atoms with Crippen molar-refractivity contribution in [2.24, 2.45) is 0 Å². The average molecular weight is 227 g/mol. The minimum Gasteiger partial charge on any atom is -0.247 e. The smallest absolute Gasteiger partial charge is 0.139 e. The van der Waals surface area contributed by atoms with Gasteiger partial charge in [0.2, 0.25) is 0 Å². The molecule has 0 spiro atoms. The van der Waals surface area contributed by atoms with Crippen LogP contribution in [0.4, 0.5) is 0 Å². The van der Waals surface area contributed by atoms with E-state index in [-0.39, 0.29) is 0 Å². The van der Waals surface area contributed by atoms with Crippen LogP contribution in [-0.4, -0.2) is 14.3 Å². The van der Waals surface area contributed by atoms with Gasteiger partial charge >= 0.3 is 0 Å². The van der Waals surface area contributed by atoms with Crippen molar-refractivity contribution >= 4 is 22.9 Å². The molecule has 0 saturated heterocycles. The summed E-state index contributed by atoms with van der Waals surface area (Å²) in [7, 11) is 0. The van der Waals surface area contributed by atoms with Crippen LogP contribution in [0.2, 0.25) is 0 Å². The zero-order valence-electron chi connectivity index (χ0n) is 8.74. The summed E-state index contributed by atoms with van der Waals surface area (Å²) in [4.78, 5) is 8.15. The Kier molecular flexibility index (Phi) is 4.16. The fourth-order valence-electron chi connectivity index (χ4n) is 0.872. The van der Waals surface area contributed by atoms with Crippen LogP contribution in [0.25, 0.3) is 0 Å². The van der Waals surface area contributed by atoms with Gasteiger partial charge in [0.25, 0.3) is 0 Å². The van der Waals surface area contributed by atoms with E-state index in [0.717, 1.165) is 21.5 Å². The van der Waals surface area contributed by atoms with Gasteiger partial charge < -0.3 is 0 Å². The molecule has 2 aromatic rings. The third-order valence-electron chi connectivity index (χ3n) is 1.36. The van der Waals surface area contributed by atoms with Crippen molar-refractivity contribution < 1.29 is 0 Å². The maximum absolute atomic E-state index is 4.13. The summed E-state index contributed by atoms with van der Waals surface area (Å²) in [5, 5.41) is 4.24. The van der Waals surface area contributed by atoms with Crippen LogP contribution in [0.5, 0.6) is 0 Å². The zero-order chi connectivity index (χ0) is 10.6. The van der Waals surface area contributed by atoms with Crippen LogP contribution in [0.3, 0.4) is 0 Å². The van der Waals surface area contributed by atoms with Gasteiger partial charge in [-0.25, -0.2) is 9.97 Å². The normalized spacial score (nSPS) is 9.43. The second-order valence-corrected chi connectivity index (χ2v) is 4.89. The first-order valence-corrected chi connectivity index (χ1v) is 5.89. The summed E-state index contributed by atoms with van der Waals surface area (Å²) < 4.78 is 3.95. The van der Waals surface area contributed by atoms with Gasteiger partial charge in [-0.15, -0.1) is 11.3 Å². The summed E-state index contributed by atoms with van der Waals surface area (Å²) >= 11 is 3.14. The van der Waals surface area contributed by atoms with Gasteiger partial charge in [0.15, 0.2) is 0 Å². The minimum atomic E-state index is 0.877. The number of aromatic nitrogens is 3. The topological polar surface area (TPSA) is 38.7 Å². The Morgan fingerprint density at radius 3 is 1.86 bits per heavy atom. The highest BCUT2D eigenvalue weighted by Crippen LogP contribution is 2.04. The molecule has 2 rings (SSSR count). The molecule has 14 heavy (non-hydrogen) atoms. The van der Waals surface area contributed by atoms with Crippen molar-refractivity contribution in [1.82, 2.24) is 14.3 Å². The van der Waals surface area contributed by atoms with E-state index in [1.54, 1.807) is 11.3 Å². The first kappa shape index (κ1) is 11.3. The average Bonchev–Trinajstić information content (AvgIpc) is 2.63. The molecule has 2 aromatic heterocycles. The van der Waals surface area contributed by atoms with E-state index in [0.29, 0.717) is 0 Å². The van der Waals surface area contributed by atoms with Crippen molar-refractivity contribution in [3.05, 3.63) is 26.9 Å². The predicted octanol–water partition coefficient (Wildman–Crippen LogP) is 2.91. The Balaban J connectivity index is 0.000000140. The van der Waals surface area contributed by atoms with E-state index in [1.807, 2.05) is 27.7 Å². The van der Waals surface area contributed by atoms with Gasteiger partial charge in [-0.05, 0) is 39.2 Å². The lowest BCUT2D eigenvalue weighted by atomic mass is 10.6. The largest absolute Gasteiger partial charge is 0.247 e.